The predicted molar refractivity (Wildman–Crippen MR) is 85.8 cm³/mol. The Morgan fingerprint density at radius 1 is 1.19 bits per heavy atom. The molecule has 2 aromatic rings. The molecule has 0 atom stereocenters. The van der Waals surface area contributed by atoms with Crippen LogP contribution in [0.1, 0.15) is 13.8 Å². The number of nitrogens with two attached hydrogens (primary N) is 1. The molecule has 0 bridgehead atoms. The Morgan fingerprint density at radius 3 is 2.52 bits per heavy atom. The van der Waals surface area contributed by atoms with E-state index in [0.717, 1.165) is 0 Å². The van der Waals surface area contributed by atoms with Crippen LogP contribution in [0, 0.1) is 5.82 Å². The molecule has 0 aliphatic heterocycles. The van der Waals surface area contributed by atoms with E-state index in [1.54, 1.807) is 18.2 Å². The van der Waals surface area contributed by atoms with Crippen LogP contribution in [-0.2, 0) is 0 Å². The standard InChI is InChI=1S/C15H14BrClFNO2/c1-8(2)20-12-4-3-5-13(15(12)19)21-14-7-11(18)10(17)6-9(14)16/h3-8H,19H2,1-2H3. The van der Waals surface area contributed by atoms with Crippen molar-refractivity contribution in [3.63, 3.8) is 0 Å². The number of anilines is 1. The van der Waals surface area contributed by atoms with E-state index < -0.39 is 5.82 Å². The summed E-state index contributed by atoms with van der Waals surface area (Å²) in [6.07, 6.45) is -0.0118. The normalized spacial score (nSPS) is 10.8. The van der Waals surface area contributed by atoms with Gasteiger partial charge < -0.3 is 15.2 Å². The summed E-state index contributed by atoms with van der Waals surface area (Å²) in [4.78, 5) is 0. The van der Waals surface area contributed by atoms with E-state index in [1.165, 1.54) is 12.1 Å². The van der Waals surface area contributed by atoms with Gasteiger partial charge in [-0.1, -0.05) is 17.7 Å². The molecule has 2 N–H and O–H groups in total. The summed E-state index contributed by atoms with van der Waals surface area (Å²) in [6.45, 7) is 3.80. The van der Waals surface area contributed by atoms with Crippen LogP contribution in [-0.4, -0.2) is 6.10 Å². The summed E-state index contributed by atoms with van der Waals surface area (Å²) >= 11 is 8.97. The molecule has 0 radical (unpaired) electrons. The third-order valence-corrected chi connectivity index (χ3v) is 3.49. The maximum absolute atomic E-state index is 13.5. The fourth-order valence-corrected chi connectivity index (χ4v) is 2.39. The molecule has 21 heavy (non-hydrogen) atoms. The number of hydrogen-bond donors (Lipinski definition) is 1. The Morgan fingerprint density at radius 2 is 1.86 bits per heavy atom. The summed E-state index contributed by atoms with van der Waals surface area (Å²) in [6, 6.07) is 7.81. The van der Waals surface area contributed by atoms with Gasteiger partial charge in [-0.25, -0.2) is 4.39 Å². The van der Waals surface area contributed by atoms with Crippen LogP contribution in [0.15, 0.2) is 34.8 Å². The molecule has 0 spiro atoms. The van der Waals surface area contributed by atoms with E-state index in [2.05, 4.69) is 15.9 Å². The molecule has 0 saturated heterocycles. The summed E-state index contributed by atoms with van der Waals surface area (Å²) in [5, 5.41) is 0.0130. The van der Waals surface area contributed by atoms with Gasteiger partial charge >= 0.3 is 0 Å². The molecule has 0 amide bonds. The van der Waals surface area contributed by atoms with E-state index >= 15 is 0 Å². The van der Waals surface area contributed by atoms with Crippen molar-refractivity contribution in [2.75, 3.05) is 5.73 Å². The largest absolute Gasteiger partial charge is 0.489 e. The fourth-order valence-electron chi connectivity index (χ4n) is 1.67. The molecular formula is C15H14BrClFNO2. The molecule has 2 rings (SSSR count). The average Bonchev–Trinajstić information content (AvgIpc) is 2.40. The number of benzene rings is 2. The van der Waals surface area contributed by atoms with Crippen LogP contribution in [0.5, 0.6) is 17.2 Å². The molecule has 2 aromatic carbocycles. The van der Waals surface area contributed by atoms with Crippen LogP contribution in [0.25, 0.3) is 0 Å². The smallest absolute Gasteiger partial charge is 0.154 e. The van der Waals surface area contributed by atoms with Gasteiger partial charge in [0.2, 0.25) is 0 Å². The number of ether oxygens (including phenoxy) is 2. The van der Waals surface area contributed by atoms with Crippen LogP contribution < -0.4 is 15.2 Å². The Bertz CT molecular complexity index is 664. The number of hydrogen-bond acceptors (Lipinski definition) is 3. The minimum Gasteiger partial charge on any atom is -0.489 e. The van der Waals surface area contributed by atoms with Crippen molar-refractivity contribution >= 4 is 33.2 Å². The van der Waals surface area contributed by atoms with E-state index in [4.69, 9.17) is 26.8 Å². The predicted octanol–water partition coefficient (Wildman–Crippen LogP) is 5.40. The van der Waals surface area contributed by atoms with Gasteiger partial charge in [0.05, 0.1) is 15.6 Å². The number of rotatable bonds is 4. The van der Waals surface area contributed by atoms with Gasteiger partial charge in [-0.15, -0.1) is 0 Å². The summed E-state index contributed by atoms with van der Waals surface area (Å²) in [7, 11) is 0. The van der Waals surface area contributed by atoms with Crippen molar-refractivity contribution in [1.82, 2.24) is 0 Å². The lowest BCUT2D eigenvalue weighted by Gasteiger charge is -2.15. The zero-order valence-electron chi connectivity index (χ0n) is 11.5. The molecule has 0 unspecified atom stereocenters. The molecule has 0 fully saturated rings. The first-order valence-electron chi connectivity index (χ1n) is 6.26. The highest BCUT2D eigenvalue weighted by molar-refractivity contribution is 9.10. The first-order valence-corrected chi connectivity index (χ1v) is 7.43. The lowest BCUT2D eigenvalue weighted by atomic mass is 10.2. The number of nitrogen functional groups attached to an aromatic ring is 1. The van der Waals surface area contributed by atoms with Crippen LogP contribution in [0.2, 0.25) is 5.02 Å². The van der Waals surface area contributed by atoms with Crippen LogP contribution in [0.3, 0.4) is 0 Å². The van der Waals surface area contributed by atoms with Gasteiger partial charge in [0.1, 0.15) is 23.0 Å². The van der Waals surface area contributed by atoms with E-state index in [9.17, 15) is 4.39 Å². The van der Waals surface area contributed by atoms with Gasteiger partial charge in [0.15, 0.2) is 5.75 Å². The fraction of sp³-hybridized carbons (Fsp3) is 0.200. The molecular weight excluding hydrogens is 361 g/mol. The van der Waals surface area contributed by atoms with E-state index in [0.29, 0.717) is 21.7 Å². The lowest BCUT2D eigenvalue weighted by Crippen LogP contribution is -2.07. The number of para-hydroxylation sites is 1. The molecule has 6 heteroatoms. The Kier molecular flexibility index (Phi) is 4.96. The highest BCUT2D eigenvalue weighted by Gasteiger charge is 2.13. The van der Waals surface area contributed by atoms with Crippen molar-refractivity contribution in [2.24, 2.45) is 0 Å². The molecule has 0 saturated carbocycles. The highest BCUT2D eigenvalue weighted by atomic mass is 79.9. The maximum Gasteiger partial charge on any atom is 0.154 e. The minimum absolute atomic E-state index is 0.0118. The van der Waals surface area contributed by atoms with Crippen molar-refractivity contribution in [1.29, 1.82) is 0 Å². The Hall–Kier alpha value is -1.46. The van der Waals surface area contributed by atoms with Crippen molar-refractivity contribution in [3.05, 3.63) is 45.6 Å². The molecule has 0 heterocycles. The molecule has 0 aromatic heterocycles. The van der Waals surface area contributed by atoms with Gasteiger partial charge in [-0.3, -0.25) is 0 Å². The number of halogens is 3. The van der Waals surface area contributed by atoms with E-state index in [-0.39, 0.29) is 16.9 Å². The zero-order valence-corrected chi connectivity index (χ0v) is 13.8. The van der Waals surface area contributed by atoms with Gasteiger partial charge in [-0.2, -0.15) is 0 Å². The Balaban J connectivity index is 2.34. The van der Waals surface area contributed by atoms with Crippen LogP contribution >= 0.6 is 27.5 Å². The summed E-state index contributed by atoms with van der Waals surface area (Å²) < 4.78 is 25.3. The molecule has 3 nitrogen and oxygen atoms in total. The second-order valence-electron chi connectivity index (χ2n) is 4.63. The van der Waals surface area contributed by atoms with Gasteiger partial charge in [-0.05, 0) is 48.0 Å². The quantitative estimate of drug-likeness (QED) is 0.575. The second-order valence-corrected chi connectivity index (χ2v) is 5.89. The monoisotopic (exact) mass is 373 g/mol. The molecule has 112 valence electrons. The summed E-state index contributed by atoms with van der Waals surface area (Å²) in [5.41, 5.74) is 6.37. The third-order valence-electron chi connectivity index (χ3n) is 2.58. The van der Waals surface area contributed by atoms with Gasteiger partial charge in [0, 0.05) is 6.07 Å². The SMILES string of the molecule is CC(C)Oc1cccc(Oc2cc(F)c(Cl)cc2Br)c1N. The maximum atomic E-state index is 13.5. The second kappa shape index (κ2) is 6.54. The zero-order chi connectivity index (χ0) is 15.6. The minimum atomic E-state index is -0.567. The summed E-state index contributed by atoms with van der Waals surface area (Å²) in [5.74, 6) is 0.622. The van der Waals surface area contributed by atoms with Gasteiger partial charge in [0.25, 0.3) is 0 Å². The first-order chi connectivity index (χ1) is 9.88. The van der Waals surface area contributed by atoms with Crippen molar-refractivity contribution in [2.45, 2.75) is 20.0 Å². The lowest BCUT2D eigenvalue weighted by molar-refractivity contribution is 0.243. The topological polar surface area (TPSA) is 44.5 Å². The first kappa shape index (κ1) is 15.9. The molecule has 0 aliphatic carbocycles. The van der Waals surface area contributed by atoms with E-state index in [1.807, 2.05) is 13.8 Å². The Labute approximate surface area is 135 Å². The highest BCUT2D eigenvalue weighted by Crippen LogP contribution is 2.38. The van der Waals surface area contributed by atoms with Crippen molar-refractivity contribution in [3.8, 4) is 17.2 Å². The van der Waals surface area contributed by atoms with Crippen molar-refractivity contribution < 1.29 is 13.9 Å². The third kappa shape index (κ3) is 3.80. The molecule has 0 aliphatic rings. The van der Waals surface area contributed by atoms with Crippen LogP contribution in [0.4, 0.5) is 10.1 Å². The average molecular weight is 375 g/mol.